The van der Waals surface area contributed by atoms with E-state index in [2.05, 4.69) is 11.4 Å². The number of hydrogen-bond donors (Lipinski definition) is 1. The van der Waals surface area contributed by atoms with Crippen LogP contribution in [-0.4, -0.2) is 12.5 Å². The number of hydrogen-bond acceptors (Lipinski definition) is 1. The lowest BCUT2D eigenvalue weighted by atomic mass is 9.97. The highest BCUT2D eigenvalue weighted by Crippen LogP contribution is 2.27. The summed E-state index contributed by atoms with van der Waals surface area (Å²) < 4.78 is 0. The van der Waals surface area contributed by atoms with Gasteiger partial charge in [-0.25, -0.2) is 0 Å². The van der Waals surface area contributed by atoms with Crippen LogP contribution in [0.25, 0.3) is 0 Å². The summed E-state index contributed by atoms with van der Waals surface area (Å²) in [5.74, 6) is 0.942. The average molecular weight is 235 g/mol. The molecule has 0 unspecified atom stereocenters. The van der Waals surface area contributed by atoms with E-state index >= 15 is 0 Å². The van der Waals surface area contributed by atoms with Crippen LogP contribution in [-0.2, 0) is 4.79 Å². The van der Waals surface area contributed by atoms with E-state index < -0.39 is 0 Å². The normalized spacial score (nSPS) is 21.3. The number of nitrogens with one attached hydrogen (secondary N) is 1. The van der Waals surface area contributed by atoms with Crippen LogP contribution in [0, 0.1) is 5.92 Å². The Labute approximate surface area is 105 Å². The lowest BCUT2D eigenvalue weighted by Gasteiger charge is -2.13. The molecule has 2 heteroatoms. The fraction of sp³-hybridized carbons (Fsp3) is 0.800. The fourth-order valence-corrected chi connectivity index (χ4v) is 3.04. The predicted molar refractivity (Wildman–Crippen MR) is 70.8 cm³/mol. The Hall–Kier alpha value is -0.790. The van der Waals surface area contributed by atoms with E-state index in [0.717, 1.165) is 19.4 Å². The summed E-state index contributed by atoms with van der Waals surface area (Å²) in [7, 11) is 0. The molecule has 0 atom stereocenters. The zero-order valence-electron chi connectivity index (χ0n) is 10.8. The van der Waals surface area contributed by atoms with Gasteiger partial charge in [0.2, 0.25) is 5.91 Å². The molecule has 0 aliphatic heterocycles. The molecule has 0 bridgehead atoms. The topological polar surface area (TPSA) is 29.1 Å². The summed E-state index contributed by atoms with van der Waals surface area (Å²) in [5, 5.41) is 3.08. The Bertz CT molecular complexity index is 277. The van der Waals surface area contributed by atoms with Gasteiger partial charge < -0.3 is 5.32 Å². The molecule has 1 amide bonds. The average Bonchev–Trinajstić information content (AvgIpc) is 2.83. The van der Waals surface area contributed by atoms with Crippen molar-refractivity contribution < 1.29 is 4.79 Å². The van der Waals surface area contributed by atoms with Gasteiger partial charge in [0.05, 0.1) is 0 Å². The Morgan fingerprint density at radius 1 is 1.24 bits per heavy atom. The second-order valence-electron chi connectivity index (χ2n) is 5.56. The van der Waals surface area contributed by atoms with Crippen LogP contribution in [0.4, 0.5) is 0 Å². The summed E-state index contributed by atoms with van der Waals surface area (Å²) in [5.41, 5.74) is 1.55. The van der Waals surface area contributed by atoms with Crippen molar-refractivity contribution in [3.63, 3.8) is 0 Å². The first-order valence-electron chi connectivity index (χ1n) is 7.29. The van der Waals surface area contributed by atoms with E-state index in [1.807, 2.05) is 0 Å². The molecule has 2 aliphatic rings. The van der Waals surface area contributed by atoms with Crippen molar-refractivity contribution in [2.45, 2.75) is 64.2 Å². The highest BCUT2D eigenvalue weighted by molar-refractivity contribution is 5.76. The van der Waals surface area contributed by atoms with Gasteiger partial charge in [-0.3, -0.25) is 4.79 Å². The van der Waals surface area contributed by atoms with E-state index in [-0.39, 0.29) is 5.91 Å². The number of carbonyl (C=O) groups is 1. The summed E-state index contributed by atoms with van der Waals surface area (Å²) in [6, 6.07) is 0. The van der Waals surface area contributed by atoms with Crippen molar-refractivity contribution in [3.05, 3.63) is 11.6 Å². The summed E-state index contributed by atoms with van der Waals surface area (Å²) in [6.07, 6.45) is 14.5. The lowest BCUT2D eigenvalue weighted by molar-refractivity contribution is -0.121. The molecule has 0 aromatic heterocycles. The largest absolute Gasteiger partial charge is 0.356 e. The molecule has 0 heterocycles. The maximum Gasteiger partial charge on any atom is 0.220 e. The Morgan fingerprint density at radius 2 is 2.06 bits per heavy atom. The zero-order valence-corrected chi connectivity index (χ0v) is 10.8. The first kappa shape index (κ1) is 12.7. The third-order valence-corrected chi connectivity index (χ3v) is 4.10. The molecular formula is C15H25NO. The highest BCUT2D eigenvalue weighted by Gasteiger charge is 2.18. The molecule has 96 valence electrons. The molecule has 0 aromatic carbocycles. The van der Waals surface area contributed by atoms with E-state index in [4.69, 9.17) is 0 Å². The van der Waals surface area contributed by atoms with Gasteiger partial charge in [0.15, 0.2) is 0 Å². The Morgan fingerprint density at radius 3 is 2.76 bits per heavy atom. The minimum Gasteiger partial charge on any atom is -0.356 e. The van der Waals surface area contributed by atoms with Crippen LogP contribution >= 0.6 is 0 Å². The van der Waals surface area contributed by atoms with Crippen molar-refractivity contribution >= 4 is 5.91 Å². The van der Waals surface area contributed by atoms with Gasteiger partial charge in [0.1, 0.15) is 0 Å². The van der Waals surface area contributed by atoms with Crippen molar-refractivity contribution in [2.75, 3.05) is 6.54 Å². The van der Waals surface area contributed by atoms with E-state index in [1.54, 1.807) is 5.57 Å². The standard InChI is InChI=1S/C15H25NO/c17-15(12-14-8-4-5-9-14)16-11-10-13-6-2-1-3-7-13/h6,14H,1-5,7-12H2,(H,16,17). The predicted octanol–water partition coefficient (Wildman–Crippen LogP) is 3.57. The van der Waals surface area contributed by atoms with E-state index in [0.29, 0.717) is 5.92 Å². The fourth-order valence-electron chi connectivity index (χ4n) is 3.04. The van der Waals surface area contributed by atoms with Crippen LogP contribution in [0.2, 0.25) is 0 Å². The van der Waals surface area contributed by atoms with Crippen molar-refractivity contribution in [2.24, 2.45) is 5.92 Å². The van der Waals surface area contributed by atoms with Gasteiger partial charge in [0, 0.05) is 13.0 Å². The van der Waals surface area contributed by atoms with Crippen LogP contribution in [0.5, 0.6) is 0 Å². The van der Waals surface area contributed by atoms with Gasteiger partial charge in [-0.2, -0.15) is 0 Å². The smallest absolute Gasteiger partial charge is 0.220 e. The van der Waals surface area contributed by atoms with Crippen molar-refractivity contribution in [1.29, 1.82) is 0 Å². The second-order valence-corrected chi connectivity index (χ2v) is 5.56. The van der Waals surface area contributed by atoms with Crippen LogP contribution in [0.1, 0.15) is 64.2 Å². The second kappa shape index (κ2) is 6.83. The van der Waals surface area contributed by atoms with Gasteiger partial charge in [-0.1, -0.05) is 24.5 Å². The molecular weight excluding hydrogens is 210 g/mol. The van der Waals surface area contributed by atoms with Crippen LogP contribution in [0.15, 0.2) is 11.6 Å². The monoisotopic (exact) mass is 235 g/mol. The van der Waals surface area contributed by atoms with Gasteiger partial charge in [-0.15, -0.1) is 0 Å². The highest BCUT2D eigenvalue weighted by atomic mass is 16.1. The number of carbonyl (C=O) groups excluding carboxylic acids is 1. The number of amides is 1. The molecule has 1 saturated carbocycles. The molecule has 0 radical (unpaired) electrons. The van der Waals surface area contributed by atoms with Crippen LogP contribution < -0.4 is 5.32 Å². The molecule has 2 aliphatic carbocycles. The Balaban J connectivity index is 1.57. The molecule has 1 N–H and O–H groups in total. The molecule has 1 fully saturated rings. The molecule has 0 saturated heterocycles. The first-order chi connectivity index (χ1) is 8.34. The minimum absolute atomic E-state index is 0.272. The maximum atomic E-state index is 11.7. The summed E-state index contributed by atoms with van der Waals surface area (Å²) in [4.78, 5) is 11.7. The zero-order chi connectivity index (χ0) is 11.9. The number of rotatable bonds is 5. The van der Waals surface area contributed by atoms with Gasteiger partial charge in [-0.05, 0) is 50.9 Å². The number of allylic oxidation sites excluding steroid dienone is 1. The molecule has 2 nitrogen and oxygen atoms in total. The van der Waals surface area contributed by atoms with Crippen molar-refractivity contribution in [3.8, 4) is 0 Å². The summed E-state index contributed by atoms with van der Waals surface area (Å²) >= 11 is 0. The quantitative estimate of drug-likeness (QED) is 0.725. The minimum atomic E-state index is 0.272. The van der Waals surface area contributed by atoms with E-state index in [9.17, 15) is 4.79 Å². The van der Waals surface area contributed by atoms with Gasteiger partial charge >= 0.3 is 0 Å². The first-order valence-corrected chi connectivity index (χ1v) is 7.29. The molecule has 0 aromatic rings. The Kier molecular flexibility index (Phi) is 5.08. The third kappa shape index (κ3) is 4.53. The van der Waals surface area contributed by atoms with Crippen molar-refractivity contribution in [1.82, 2.24) is 5.32 Å². The molecule has 17 heavy (non-hydrogen) atoms. The van der Waals surface area contributed by atoms with E-state index in [1.165, 1.54) is 51.4 Å². The van der Waals surface area contributed by atoms with Gasteiger partial charge in [0.25, 0.3) is 0 Å². The SMILES string of the molecule is O=C(CC1CCCC1)NCCC1=CCCCC1. The lowest BCUT2D eigenvalue weighted by Crippen LogP contribution is -2.26. The third-order valence-electron chi connectivity index (χ3n) is 4.10. The molecule has 0 spiro atoms. The van der Waals surface area contributed by atoms with Crippen LogP contribution in [0.3, 0.4) is 0 Å². The molecule has 2 rings (SSSR count). The maximum absolute atomic E-state index is 11.7. The summed E-state index contributed by atoms with van der Waals surface area (Å²) in [6.45, 7) is 0.845.